The van der Waals surface area contributed by atoms with E-state index in [1.54, 1.807) is 18.2 Å². The van der Waals surface area contributed by atoms with E-state index in [1.165, 1.54) is 36.3 Å². The van der Waals surface area contributed by atoms with E-state index < -0.39 is 11.9 Å². The Morgan fingerprint density at radius 3 is 2.57 bits per heavy atom. The molecule has 0 bridgehead atoms. The van der Waals surface area contributed by atoms with E-state index in [0.29, 0.717) is 5.56 Å². The molecule has 108 valence electrons. The summed E-state index contributed by atoms with van der Waals surface area (Å²) in [5, 5.41) is 18.8. The number of phenols is 1. The molecule has 0 radical (unpaired) electrons. The number of carbonyl (C=O) groups excluding carboxylic acids is 1. The van der Waals surface area contributed by atoms with Crippen molar-refractivity contribution in [3.05, 3.63) is 59.4 Å². The normalized spacial score (nSPS) is 10.1. The molecule has 1 heterocycles. The average Bonchev–Trinajstić information content (AvgIpc) is 2.48. The van der Waals surface area contributed by atoms with Gasteiger partial charge in [0.1, 0.15) is 11.4 Å². The van der Waals surface area contributed by atoms with Gasteiger partial charge in [0.05, 0.1) is 5.56 Å². The molecule has 0 aliphatic rings. The van der Waals surface area contributed by atoms with E-state index in [-0.39, 0.29) is 23.6 Å². The van der Waals surface area contributed by atoms with Gasteiger partial charge in [0.25, 0.3) is 5.91 Å². The van der Waals surface area contributed by atoms with Crippen LogP contribution in [0.5, 0.6) is 5.75 Å². The molecule has 0 fully saturated rings. The van der Waals surface area contributed by atoms with Crippen molar-refractivity contribution in [2.24, 2.45) is 0 Å². The number of nitrogens with zero attached hydrogens (tertiary/aromatic N) is 2. The number of carboxylic acids is 1. The second-order valence-electron chi connectivity index (χ2n) is 4.49. The van der Waals surface area contributed by atoms with E-state index in [1.807, 2.05) is 0 Å². The molecule has 2 rings (SSSR count). The van der Waals surface area contributed by atoms with Crippen molar-refractivity contribution in [3.63, 3.8) is 0 Å². The van der Waals surface area contributed by atoms with Crippen LogP contribution in [0.4, 0.5) is 0 Å². The van der Waals surface area contributed by atoms with Crippen molar-refractivity contribution in [3.8, 4) is 5.75 Å². The zero-order valence-corrected chi connectivity index (χ0v) is 11.4. The third-order valence-corrected chi connectivity index (χ3v) is 2.99. The van der Waals surface area contributed by atoms with E-state index in [4.69, 9.17) is 5.11 Å². The maximum atomic E-state index is 12.3. The number of hydrogen-bond donors (Lipinski definition) is 2. The molecule has 21 heavy (non-hydrogen) atoms. The van der Waals surface area contributed by atoms with Gasteiger partial charge in [-0.05, 0) is 18.2 Å². The van der Waals surface area contributed by atoms with Crippen molar-refractivity contribution in [2.45, 2.75) is 6.54 Å². The van der Waals surface area contributed by atoms with Gasteiger partial charge in [-0.3, -0.25) is 9.78 Å². The Bertz CT molecular complexity index is 685. The third-order valence-electron chi connectivity index (χ3n) is 2.99. The number of carboxylic acid groups (broad SMARTS) is 1. The number of aromatic nitrogens is 1. The lowest BCUT2D eigenvalue weighted by Gasteiger charge is -2.18. The minimum atomic E-state index is -1.21. The first kappa shape index (κ1) is 14.5. The molecule has 2 N–H and O–H groups in total. The summed E-state index contributed by atoms with van der Waals surface area (Å²) in [6.07, 6.45) is 1.37. The van der Waals surface area contributed by atoms with Crippen LogP contribution in [0.15, 0.2) is 42.6 Å². The Morgan fingerprint density at radius 1 is 1.19 bits per heavy atom. The number of para-hydroxylation sites is 1. The first-order valence-electron chi connectivity index (χ1n) is 6.21. The highest BCUT2D eigenvalue weighted by Gasteiger charge is 2.21. The molecule has 0 unspecified atom stereocenters. The van der Waals surface area contributed by atoms with Gasteiger partial charge in [0.15, 0.2) is 0 Å². The number of hydrogen-bond acceptors (Lipinski definition) is 4. The SMILES string of the molecule is CN(Cc1ccccc1O)C(=O)c1ncccc1C(=O)O. The standard InChI is InChI=1S/C15H14N2O4/c1-17(9-10-5-2-3-7-12(10)18)14(19)13-11(15(20)21)6-4-8-16-13/h2-8,18H,9H2,1H3,(H,20,21). The van der Waals surface area contributed by atoms with Crippen molar-refractivity contribution < 1.29 is 19.8 Å². The predicted molar refractivity (Wildman–Crippen MR) is 75.1 cm³/mol. The fraction of sp³-hybridized carbons (Fsp3) is 0.133. The molecular weight excluding hydrogens is 272 g/mol. The highest BCUT2D eigenvalue weighted by atomic mass is 16.4. The molecule has 0 atom stereocenters. The zero-order chi connectivity index (χ0) is 15.4. The zero-order valence-electron chi connectivity index (χ0n) is 11.4. The van der Waals surface area contributed by atoms with E-state index in [2.05, 4.69) is 4.98 Å². The molecule has 0 spiro atoms. The summed E-state index contributed by atoms with van der Waals surface area (Å²) < 4.78 is 0. The van der Waals surface area contributed by atoms with Crippen molar-refractivity contribution in [1.29, 1.82) is 0 Å². The van der Waals surface area contributed by atoms with E-state index in [0.717, 1.165) is 0 Å². The van der Waals surface area contributed by atoms with Gasteiger partial charge < -0.3 is 15.1 Å². The van der Waals surface area contributed by atoms with Gasteiger partial charge >= 0.3 is 5.97 Å². The lowest BCUT2D eigenvalue weighted by Crippen LogP contribution is -2.28. The van der Waals surface area contributed by atoms with Crippen LogP contribution >= 0.6 is 0 Å². The molecule has 0 aliphatic carbocycles. The summed E-state index contributed by atoms with van der Waals surface area (Å²) in [7, 11) is 1.52. The van der Waals surface area contributed by atoms with Gasteiger partial charge in [0, 0.05) is 25.4 Å². The molecule has 2 aromatic rings. The van der Waals surface area contributed by atoms with Crippen LogP contribution in [0.25, 0.3) is 0 Å². The molecule has 1 aromatic heterocycles. The van der Waals surface area contributed by atoms with Crippen LogP contribution in [0.1, 0.15) is 26.4 Å². The largest absolute Gasteiger partial charge is 0.508 e. The Morgan fingerprint density at radius 2 is 1.90 bits per heavy atom. The van der Waals surface area contributed by atoms with Crippen LogP contribution in [-0.2, 0) is 6.54 Å². The maximum Gasteiger partial charge on any atom is 0.338 e. The van der Waals surface area contributed by atoms with Crippen LogP contribution in [0.2, 0.25) is 0 Å². The Labute approximate surface area is 121 Å². The Kier molecular flexibility index (Phi) is 4.18. The molecule has 6 heteroatoms. The van der Waals surface area contributed by atoms with Crippen molar-refractivity contribution >= 4 is 11.9 Å². The summed E-state index contributed by atoms with van der Waals surface area (Å²) in [6, 6.07) is 9.44. The number of pyridine rings is 1. The molecule has 1 amide bonds. The summed E-state index contributed by atoms with van der Waals surface area (Å²) in [5.74, 6) is -1.64. The number of aromatic hydroxyl groups is 1. The highest BCUT2D eigenvalue weighted by Crippen LogP contribution is 2.18. The van der Waals surface area contributed by atoms with Crippen LogP contribution < -0.4 is 0 Å². The minimum Gasteiger partial charge on any atom is -0.508 e. The molecule has 0 saturated carbocycles. The number of amides is 1. The number of aromatic carboxylic acids is 1. The molecule has 0 saturated heterocycles. The van der Waals surface area contributed by atoms with Gasteiger partial charge in [-0.1, -0.05) is 18.2 Å². The fourth-order valence-corrected chi connectivity index (χ4v) is 1.90. The monoisotopic (exact) mass is 286 g/mol. The van der Waals surface area contributed by atoms with Crippen molar-refractivity contribution in [1.82, 2.24) is 9.88 Å². The third kappa shape index (κ3) is 3.17. The quantitative estimate of drug-likeness (QED) is 0.893. The van der Waals surface area contributed by atoms with Crippen LogP contribution in [0, 0.1) is 0 Å². The highest BCUT2D eigenvalue weighted by molar-refractivity contribution is 6.03. The molecule has 6 nitrogen and oxygen atoms in total. The average molecular weight is 286 g/mol. The summed E-state index contributed by atoms with van der Waals surface area (Å²) in [6.45, 7) is 0.154. The van der Waals surface area contributed by atoms with Crippen molar-refractivity contribution in [2.75, 3.05) is 7.05 Å². The summed E-state index contributed by atoms with van der Waals surface area (Å²) in [4.78, 5) is 28.6. The lowest BCUT2D eigenvalue weighted by molar-refractivity contribution is 0.0678. The number of rotatable bonds is 4. The minimum absolute atomic E-state index is 0.0802. The number of phenolic OH excluding ortho intramolecular Hbond substituents is 1. The summed E-state index contributed by atoms with van der Waals surface area (Å²) in [5.41, 5.74) is 0.302. The Balaban J connectivity index is 2.24. The first-order valence-corrected chi connectivity index (χ1v) is 6.21. The number of benzene rings is 1. The van der Waals surface area contributed by atoms with Gasteiger partial charge in [0.2, 0.25) is 0 Å². The fourth-order valence-electron chi connectivity index (χ4n) is 1.90. The first-order chi connectivity index (χ1) is 10.0. The van der Waals surface area contributed by atoms with E-state index in [9.17, 15) is 14.7 Å². The van der Waals surface area contributed by atoms with Gasteiger partial charge in [-0.2, -0.15) is 0 Å². The Hall–Kier alpha value is -2.89. The maximum absolute atomic E-state index is 12.3. The second-order valence-corrected chi connectivity index (χ2v) is 4.49. The van der Waals surface area contributed by atoms with E-state index >= 15 is 0 Å². The summed E-state index contributed by atoms with van der Waals surface area (Å²) >= 11 is 0. The topological polar surface area (TPSA) is 90.7 Å². The molecule has 1 aromatic carbocycles. The van der Waals surface area contributed by atoms with Crippen LogP contribution in [-0.4, -0.2) is 39.0 Å². The molecule has 0 aliphatic heterocycles. The van der Waals surface area contributed by atoms with Crippen LogP contribution in [0.3, 0.4) is 0 Å². The number of carbonyl (C=O) groups is 2. The smallest absolute Gasteiger partial charge is 0.338 e. The molecular formula is C15H14N2O4. The van der Waals surface area contributed by atoms with Gasteiger partial charge in [-0.15, -0.1) is 0 Å². The lowest BCUT2D eigenvalue weighted by atomic mass is 10.1. The second kappa shape index (κ2) is 6.04. The van der Waals surface area contributed by atoms with Gasteiger partial charge in [-0.25, -0.2) is 4.79 Å². The predicted octanol–water partition coefficient (Wildman–Crippen LogP) is 1.76.